The highest BCUT2D eigenvalue weighted by Gasteiger charge is 2.18. The van der Waals surface area contributed by atoms with Crippen LogP contribution >= 0.6 is 0 Å². The second kappa shape index (κ2) is 13.2. The lowest BCUT2D eigenvalue weighted by atomic mass is 9.95. The minimum atomic E-state index is -1.56. The molecule has 29 heavy (non-hydrogen) atoms. The van der Waals surface area contributed by atoms with Gasteiger partial charge in [0.25, 0.3) is 0 Å². The van der Waals surface area contributed by atoms with E-state index in [0.717, 1.165) is 5.69 Å². The van der Waals surface area contributed by atoms with E-state index in [9.17, 15) is 9.59 Å². The van der Waals surface area contributed by atoms with Crippen LogP contribution in [0.25, 0.3) is 0 Å². The van der Waals surface area contributed by atoms with Crippen LogP contribution in [0.5, 0.6) is 5.88 Å². The van der Waals surface area contributed by atoms with Gasteiger partial charge in [-0.25, -0.2) is 9.59 Å². The van der Waals surface area contributed by atoms with Crippen LogP contribution in [0.15, 0.2) is 6.07 Å². The molecule has 0 amide bonds. The number of hydrogen-bond acceptors (Lipinski definition) is 6. The number of hydrogen-bond donors (Lipinski definition) is 2. The molecule has 0 bridgehead atoms. The first kappa shape index (κ1) is 23.2. The molecule has 1 aromatic rings. The highest BCUT2D eigenvalue weighted by atomic mass is 16.6. The third kappa shape index (κ3) is 8.85. The van der Waals surface area contributed by atoms with Crippen molar-refractivity contribution < 1.29 is 24.2 Å². The van der Waals surface area contributed by atoms with Crippen molar-refractivity contribution in [1.29, 1.82) is 0 Å². The van der Waals surface area contributed by atoms with Gasteiger partial charge in [-0.05, 0) is 58.5 Å². The fraction of sp³-hybridized carbons (Fsp3) is 0.762. The number of carboxylic acids is 1. The standard InChI is InChI=1S/C16H24N2O5.C5H11N/c1-12-11-14(17-18(12)13-7-3-2-4-8-13)22-9-5-6-10-23-16(21)15(19)20;1-2-4-6-5-3-1/h11,13H,2-10H2,1H3,(H,19,20);6H,1-5H2. The Morgan fingerprint density at radius 3 is 2.34 bits per heavy atom. The first-order valence-corrected chi connectivity index (χ1v) is 10.9. The van der Waals surface area contributed by atoms with Gasteiger partial charge in [-0.15, -0.1) is 5.10 Å². The fourth-order valence-corrected chi connectivity index (χ4v) is 3.63. The summed E-state index contributed by atoms with van der Waals surface area (Å²) in [4.78, 5) is 21.0. The molecule has 2 heterocycles. The van der Waals surface area contributed by atoms with Gasteiger partial charge in [-0.2, -0.15) is 0 Å². The Morgan fingerprint density at radius 2 is 1.76 bits per heavy atom. The summed E-state index contributed by atoms with van der Waals surface area (Å²) < 4.78 is 12.2. The number of esters is 1. The maximum atomic E-state index is 10.7. The second-order valence-electron chi connectivity index (χ2n) is 7.67. The van der Waals surface area contributed by atoms with E-state index in [1.807, 2.05) is 13.0 Å². The zero-order valence-electron chi connectivity index (χ0n) is 17.5. The second-order valence-corrected chi connectivity index (χ2v) is 7.67. The summed E-state index contributed by atoms with van der Waals surface area (Å²) in [5.74, 6) is -2.16. The molecule has 3 rings (SSSR count). The van der Waals surface area contributed by atoms with E-state index in [1.165, 1.54) is 64.5 Å². The zero-order valence-corrected chi connectivity index (χ0v) is 17.5. The van der Waals surface area contributed by atoms with Crippen LogP contribution in [-0.4, -0.2) is 53.1 Å². The van der Waals surface area contributed by atoms with Crippen LogP contribution < -0.4 is 10.1 Å². The average molecular weight is 410 g/mol. The highest BCUT2D eigenvalue weighted by Crippen LogP contribution is 2.29. The molecule has 0 radical (unpaired) electrons. The Balaban J connectivity index is 0.000000426. The number of rotatable bonds is 7. The van der Waals surface area contributed by atoms with Gasteiger partial charge in [-0.3, -0.25) is 4.68 Å². The maximum Gasteiger partial charge on any atom is 0.417 e. The summed E-state index contributed by atoms with van der Waals surface area (Å²) in [5, 5.41) is 16.2. The van der Waals surface area contributed by atoms with Crippen LogP contribution in [-0.2, 0) is 14.3 Å². The van der Waals surface area contributed by atoms with Crippen molar-refractivity contribution in [3.63, 3.8) is 0 Å². The van der Waals surface area contributed by atoms with Crippen LogP contribution in [0, 0.1) is 6.92 Å². The SMILES string of the molecule is C1CCNCC1.Cc1cc(OCCCCOC(=O)C(=O)O)nn1C1CCCCC1. The van der Waals surface area contributed by atoms with Crippen LogP contribution in [0.1, 0.15) is 75.9 Å². The monoisotopic (exact) mass is 409 g/mol. The molecule has 2 fully saturated rings. The molecule has 0 aromatic carbocycles. The van der Waals surface area contributed by atoms with Crippen molar-refractivity contribution in [3.8, 4) is 5.88 Å². The molecule has 1 aliphatic carbocycles. The number of carbonyl (C=O) groups excluding carboxylic acids is 1. The van der Waals surface area contributed by atoms with E-state index in [-0.39, 0.29) is 6.61 Å². The molecule has 0 atom stereocenters. The van der Waals surface area contributed by atoms with Crippen molar-refractivity contribution in [2.24, 2.45) is 0 Å². The number of aliphatic carboxylic acids is 1. The zero-order chi connectivity index (χ0) is 20.9. The van der Waals surface area contributed by atoms with Gasteiger partial charge in [0.1, 0.15) is 0 Å². The Kier molecular flexibility index (Phi) is 10.5. The predicted molar refractivity (Wildman–Crippen MR) is 109 cm³/mol. The van der Waals surface area contributed by atoms with E-state index < -0.39 is 11.9 Å². The van der Waals surface area contributed by atoms with Crippen molar-refractivity contribution >= 4 is 11.9 Å². The van der Waals surface area contributed by atoms with Gasteiger partial charge < -0.3 is 19.9 Å². The fourth-order valence-electron chi connectivity index (χ4n) is 3.63. The van der Waals surface area contributed by atoms with E-state index in [2.05, 4.69) is 19.8 Å². The maximum absolute atomic E-state index is 10.7. The summed E-state index contributed by atoms with van der Waals surface area (Å²) in [6, 6.07) is 2.43. The van der Waals surface area contributed by atoms with Gasteiger partial charge >= 0.3 is 11.9 Å². The Labute approximate surface area is 172 Å². The van der Waals surface area contributed by atoms with Crippen molar-refractivity contribution in [2.45, 2.75) is 77.2 Å². The van der Waals surface area contributed by atoms with E-state index in [4.69, 9.17) is 9.84 Å². The van der Waals surface area contributed by atoms with E-state index >= 15 is 0 Å². The number of aryl methyl sites for hydroxylation is 1. The van der Waals surface area contributed by atoms with Crippen molar-refractivity contribution in [3.05, 3.63) is 11.8 Å². The van der Waals surface area contributed by atoms with Crippen LogP contribution in [0.3, 0.4) is 0 Å². The quantitative estimate of drug-likeness (QED) is 0.405. The number of unbranched alkanes of at least 4 members (excludes halogenated alkanes) is 1. The number of piperidine rings is 1. The number of carbonyl (C=O) groups is 2. The van der Waals surface area contributed by atoms with Crippen LogP contribution in [0.4, 0.5) is 0 Å². The van der Waals surface area contributed by atoms with E-state index in [1.54, 1.807) is 0 Å². The molecule has 8 nitrogen and oxygen atoms in total. The number of ether oxygens (including phenoxy) is 2. The van der Waals surface area contributed by atoms with Gasteiger partial charge in [0, 0.05) is 11.8 Å². The Morgan fingerprint density at radius 1 is 1.10 bits per heavy atom. The topological polar surface area (TPSA) is 103 Å². The molecule has 1 aromatic heterocycles. The molecule has 8 heteroatoms. The van der Waals surface area contributed by atoms with E-state index in [0.29, 0.717) is 31.4 Å². The first-order chi connectivity index (χ1) is 14.1. The summed E-state index contributed by atoms with van der Waals surface area (Å²) in [6.45, 7) is 5.09. The normalized spacial score (nSPS) is 17.1. The summed E-state index contributed by atoms with van der Waals surface area (Å²) in [5.41, 5.74) is 1.11. The Hall–Kier alpha value is -2.09. The summed E-state index contributed by atoms with van der Waals surface area (Å²) in [6.07, 6.45) is 11.6. The van der Waals surface area contributed by atoms with Crippen LogP contribution in [0.2, 0.25) is 0 Å². The van der Waals surface area contributed by atoms with Gasteiger partial charge in [0.05, 0.1) is 19.3 Å². The number of carboxylic acid groups (broad SMARTS) is 1. The molecule has 2 aliphatic rings. The molecule has 0 unspecified atom stereocenters. The highest BCUT2D eigenvalue weighted by molar-refractivity contribution is 6.28. The third-order valence-corrected chi connectivity index (χ3v) is 5.22. The molecule has 164 valence electrons. The smallest absolute Gasteiger partial charge is 0.417 e. The summed E-state index contributed by atoms with van der Waals surface area (Å²) >= 11 is 0. The molecule has 0 spiro atoms. The predicted octanol–water partition coefficient (Wildman–Crippen LogP) is 3.24. The molecule has 1 saturated carbocycles. The van der Waals surface area contributed by atoms with Crippen molar-refractivity contribution in [2.75, 3.05) is 26.3 Å². The average Bonchev–Trinajstić information content (AvgIpc) is 3.13. The number of nitrogens with one attached hydrogen (secondary N) is 1. The lowest BCUT2D eigenvalue weighted by molar-refractivity contribution is -0.163. The molecule has 1 saturated heterocycles. The lowest BCUT2D eigenvalue weighted by Gasteiger charge is -2.23. The largest absolute Gasteiger partial charge is 0.477 e. The molecular weight excluding hydrogens is 374 g/mol. The minimum absolute atomic E-state index is 0.0873. The van der Waals surface area contributed by atoms with Crippen molar-refractivity contribution in [1.82, 2.24) is 15.1 Å². The lowest BCUT2D eigenvalue weighted by Crippen LogP contribution is -2.21. The van der Waals surface area contributed by atoms with Gasteiger partial charge in [-0.1, -0.05) is 25.7 Å². The summed E-state index contributed by atoms with van der Waals surface area (Å²) in [7, 11) is 0. The number of aromatic nitrogens is 2. The Bertz CT molecular complexity index is 610. The molecular formula is C21H35N3O5. The van der Waals surface area contributed by atoms with Gasteiger partial charge in [0.2, 0.25) is 5.88 Å². The third-order valence-electron chi connectivity index (χ3n) is 5.22. The number of nitrogens with zero attached hydrogens (tertiary/aromatic N) is 2. The van der Waals surface area contributed by atoms with Gasteiger partial charge in [0.15, 0.2) is 0 Å². The molecule has 2 N–H and O–H groups in total. The minimum Gasteiger partial charge on any atom is -0.477 e. The molecule has 1 aliphatic heterocycles. The first-order valence-electron chi connectivity index (χ1n) is 10.9.